The van der Waals surface area contributed by atoms with Crippen LogP contribution in [0.4, 0.5) is 5.69 Å². The van der Waals surface area contributed by atoms with Crippen molar-refractivity contribution in [1.29, 1.82) is 0 Å². The highest BCUT2D eigenvalue weighted by Crippen LogP contribution is 2.27. The molecule has 0 bridgehead atoms. The number of anilines is 1. The van der Waals surface area contributed by atoms with Gasteiger partial charge < -0.3 is 20.1 Å². The molecule has 4 heterocycles. The number of rotatable bonds is 10. The van der Waals surface area contributed by atoms with Crippen LogP contribution in [0.15, 0.2) is 72.0 Å². The first-order valence-electron chi connectivity index (χ1n) is 15.4. The molecule has 2 fully saturated rings. The van der Waals surface area contributed by atoms with E-state index in [-0.39, 0.29) is 23.9 Å². The van der Waals surface area contributed by atoms with Gasteiger partial charge in [0.1, 0.15) is 6.04 Å². The van der Waals surface area contributed by atoms with Gasteiger partial charge in [0.05, 0.1) is 48.8 Å². The van der Waals surface area contributed by atoms with Gasteiger partial charge >= 0.3 is 0 Å². The lowest BCUT2D eigenvalue weighted by atomic mass is 9.90. The number of carbonyl (C=O) groups is 2. The lowest BCUT2D eigenvalue weighted by molar-refractivity contribution is -0.139. The fourth-order valence-corrected chi connectivity index (χ4v) is 6.00. The summed E-state index contributed by atoms with van der Waals surface area (Å²) < 4.78 is 8.36. The number of likely N-dealkylation sites (tertiary alicyclic amines) is 1. The first-order valence-corrected chi connectivity index (χ1v) is 15.4. The topological polar surface area (TPSA) is 148 Å². The first-order chi connectivity index (χ1) is 21.9. The predicted octanol–water partition coefficient (Wildman–Crippen LogP) is 1.49. The lowest BCUT2D eigenvalue weighted by Gasteiger charge is -2.39. The summed E-state index contributed by atoms with van der Waals surface area (Å²) in [6, 6.07) is 14.3. The highest BCUT2D eigenvalue weighted by molar-refractivity contribution is 5.93. The molecule has 1 atom stereocenters. The minimum absolute atomic E-state index is 0.0628. The van der Waals surface area contributed by atoms with Gasteiger partial charge in [-0.25, -0.2) is 9.67 Å². The molecule has 2 aromatic carbocycles. The maximum absolute atomic E-state index is 13.6. The van der Waals surface area contributed by atoms with E-state index in [1.807, 2.05) is 30.3 Å². The normalized spacial score (nSPS) is 17.7. The summed E-state index contributed by atoms with van der Waals surface area (Å²) in [4.78, 5) is 47.9. The van der Waals surface area contributed by atoms with E-state index in [0.717, 1.165) is 18.7 Å². The van der Waals surface area contributed by atoms with Crippen molar-refractivity contribution in [1.82, 2.24) is 34.3 Å². The van der Waals surface area contributed by atoms with E-state index >= 15 is 0 Å². The third kappa shape index (κ3) is 7.44. The summed E-state index contributed by atoms with van der Waals surface area (Å²) in [7, 11) is 0. The molecule has 2 saturated heterocycles. The van der Waals surface area contributed by atoms with Crippen molar-refractivity contribution in [2.45, 2.75) is 43.9 Å². The number of aromatic nitrogens is 5. The molecular weight excluding hydrogens is 576 g/mol. The standard InChI is InChI=1S/C32H38N8O5/c41-29(8-12-37-16-18-45-19-17-37)35-25-6-7-26-27(21-25)33-23-39(30(26)42)22-32(44)9-13-38(14-10-32)31(43)28(40-15-11-34-36-40)20-24-4-2-1-3-5-24/h1-7,11,15,21,23,28,44H,8-10,12-14,16-20,22H2,(H,35,41). The van der Waals surface area contributed by atoms with Gasteiger partial charge in [-0.05, 0) is 36.6 Å². The van der Waals surface area contributed by atoms with Crippen molar-refractivity contribution >= 4 is 28.4 Å². The van der Waals surface area contributed by atoms with E-state index in [1.54, 1.807) is 40.2 Å². The number of hydrogen-bond donors (Lipinski definition) is 2. The fraction of sp³-hybridized carbons (Fsp3) is 0.438. The summed E-state index contributed by atoms with van der Waals surface area (Å²) >= 11 is 0. The van der Waals surface area contributed by atoms with Crippen LogP contribution < -0.4 is 10.9 Å². The Bertz CT molecular complexity index is 1660. The van der Waals surface area contributed by atoms with Crippen molar-refractivity contribution in [2.24, 2.45) is 0 Å². The summed E-state index contributed by atoms with van der Waals surface area (Å²) in [6.07, 6.45) is 6.15. The number of piperidine rings is 1. The van der Waals surface area contributed by atoms with E-state index in [0.29, 0.717) is 75.1 Å². The second kappa shape index (κ2) is 13.7. The minimum atomic E-state index is -1.17. The lowest BCUT2D eigenvalue weighted by Crippen LogP contribution is -2.51. The molecule has 2 aliphatic heterocycles. The summed E-state index contributed by atoms with van der Waals surface area (Å²) in [5, 5.41) is 22.7. The van der Waals surface area contributed by atoms with Gasteiger partial charge in [-0.15, -0.1) is 5.10 Å². The van der Waals surface area contributed by atoms with Crippen LogP contribution in [0.2, 0.25) is 0 Å². The molecule has 0 radical (unpaired) electrons. The number of aliphatic hydroxyl groups is 1. The van der Waals surface area contributed by atoms with Gasteiger partial charge in [0.2, 0.25) is 11.8 Å². The number of hydrogen-bond acceptors (Lipinski definition) is 9. The molecule has 0 saturated carbocycles. The van der Waals surface area contributed by atoms with Crippen LogP contribution in [0.1, 0.15) is 30.9 Å². The van der Waals surface area contributed by atoms with Gasteiger partial charge in [-0.3, -0.25) is 23.9 Å². The van der Waals surface area contributed by atoms with Crippen molar-refractivity contribution < 1.29 is 19.4 Å². The molecule has 4 aromatic rings. The molecule has 2 N–H and O–H groups in total. The van der Waals surface area contributed by atoms with E-state index in [9.17, 15) is 19.5 Å². The number of carbonyl (C=O) groups excluding carboxylic acids is 2. The Hall–Kier alpha value is -4.46. The Morgan fingerprint density at radius 3 is 2.56 bits per heavy atom. The minimum Gasteiger partial charge on any atom is -0.388 e. The zero-order chi connectivity index (χ0) is 31.2. The SMILES string of the molecule is O=C(CCN1CCOCC1)Nc1ccc2c(=O)n(CC3(O)CCN(C(=O)C(Cc4ccccc4)n4ccnn4)CC3)cnc2c1. The maximum Gasteiger partial charge on any atom is 0.261 e. The van der Waals surface area contributed by atoms with E-state index in [4.69, 9.17) is 4.74 Å². The number of ether oxygens (including phenoxy) is 1. The Labute approximate surface area is 260 Å². The molecule has 2 aromatic heterocycles. The van der Waals surface area contributed by atoms with Crippen LogP contribution in [0.25, 0.3) is 10.9 Å². The second-order valence-corrected chi connectivity index (χ2v) is 11.8. The molecule has 0 spiro atoms. The molecule has 1 unspecified atom stereocenters. The zero-order valence-corrected chi connectivity index (χ0v) is 25.1. The first kappa shape index (κ1) is 30.6. The van der Waals surface area contributed by atoms with Gasteiger partial charge in [0, 0.05) is 57.4 Å². The van der Waals surface area contributed by atoms with Crippen LogP contribution in [-0.4, -0.2) is 103 Å². The molecule has 2 aliphatic rings. The highest BCUT2D eigenvalue weighted by Gasteiger charge is 2.37. The molecule has 0 aliphatic carbocycles. The number of nitrogens with one attached hydrogen (secondary N) is 1. The monoisotopic (exact) mass is 614 g/mol. The zero-order valence-electron chi connectivity index (χ0n) is 25.1. The average Bonchev–Trinajstić information content (AvgIpc) is 3.60. The van der Waals surface area contributed by atoms with Gasteiger partial charge in [-0.2, -0.15) is 0 Å². The van der Waals surface area contributed by atoms with E-state index < -0.39 is 11.6 Å². The van der Waals surface area contributed by atoms with Crippen molar-refractivity contribution in [2.75, 3.05) is 51.3 Å². The van der Waals surface area contributed by atoms with Crippen LogP contribution in [0.3, 0.4) is 0 Å². The fourth-order valence-electron chi connectivity index (χ4n) is 6.00. The average molecular weight is 615 g/mol. The Kier molecular flexibility index (Phi) is 9.29. The number of nitrogens with zero attached hydrogens (tertiary/aromatic N) is 7. The van der Waals surface area contributed by atoms with Crippen LogP contribution >= 0.6 is 0 Å². The Morgan fingerprint density at radius 2 is 1.82 bits per heavy atom. The molecule has 2 amide bonds. The van der Waals surface area contributed by atoms with Crippen LogP contribution in [0, 0.1) is 0 Å². The molecule has 6 rings (SSSR count). The number of morpholine rings is 1. The van der Waals surface area contributed by atoms with Crippen molar-refractivity contribution in [3.05, 3.63) is 83.2 Å². The molecular formula is C32H38N8O5. The third-order valence-corrected chi connectivity index (χ3v) is 8.66. The van der Waals surface area contributed by atoms with Crippen LogP contribution in [0.5, 0.6) is 0 Å². The van der Waals surface area contributed by atoms with Gasteiger partial charge in [0.25, 0.3) is 5.56 Å². The van der Waals surface area contributed by atoms with Gasteiger partial charge in [0.15, 0.2) is 0 Å². The molecule has 45 heavy (non-hydrogen) atoms. The summed E-state index contributed by atoms with van der Waals surface area (Å²) in [5.41, 5.74) is 0.609. The number of benzene rings is 2. The Balaban J connectivity index is 1.07. The molecule has 236 valence electrons. The Morgan fingerprint density at radius 1 is 1.04 bits per heavy atom. The maximum atomic E-state index is 13.6. The smallest absolute Gasteiger partial charge is 0.261 e. The molecule has 13 heteroatoms. The third-order valence-electron chi connectivity index (χ3n) is 8.66. The molecule has 13 nitrogen and oxygen atoms in total. The van der Waals surface area contributed by atoms with Gasteiger partial charge in [-0.1, -0.05) is 35.5 Å². The predicted molar refractivity (Wildman–Crippen MR) is 166 cm³/mol. The summed E-state index contributed by atoms with van der Waals surface area (Å²) in [6.45, 7) is 4.44. The number of fused-ring (bicyclic) bond motifs is 1. The number of amides is 2. The van der Waals surface area contributed by atoms with Crippen molar-refractivity contribution in [3.63, 3.8) is 0 Å². The second-order valence-electron chi connectivity index (χ2n) is 11.8. The largest absolute Gasteiger partial charge is 0.388 e. The van der Waals surface area contributed by atoms with E-state index in [2.05, 4.69) is 25.5 Å². The van der Waals surface area contributed by atoms with Crippen molar-refractivity contribution in [3.8, 4) is 0 Å². The van der Waals surface area contributed by atoms with Crippen LogP contribution in [-0.2, 0) is 27.3 Å². The summed E-state index contributed by atoms with van der Waals surface area (Å²) in [5.74, 6) is -0.186. The van der Waals surface area contributed by atoms with E-state index in [1.165, 1.54) is 10.9 Å². The quantitative estimate of drug-likeness (QED) is 0.271. The highest BCUT2D eigenvalue weighted by atomic mass is 16.5.